The SMILES string of the molecule is O=C(Nc1ccccc1F)c1ccc([C@H]2CCCN2Cc2cccnc2)s1. The summed E-state index contributed by atoms with van der Waals surface area (Å²) < 4.78 is 13.8. The van der Waals surface area contributed by atoms with Crippen LogP contribution in [0, 0.1) is 5.82 Å². The molecular formula is C21H20FN3OS. The summed E-state index contributed by atoms with van der Waals surface area (Å²) in [5.41, 5.74) is 1.40. The Morgan fingerprint density at radius 3 is 2.93 bits per heavy atom. The van der Waals surface area contributed by atoms with Gasteiger partial charge >= 0.3 is 0 Å². The third-order valence-electron chi connectivity index (χ3n) is 4.77. The molecule has 0 aliphatic carbocycles. The number of nitrogens with one attached hydrogen (secondary N) is 1. The molecule has 0 spiro atoms. The first-order chi connectivity index (χ1) is 13.2. The molecule has 138 valence electrons. The quantitative estimate of drug-likeness (QED) is 0.686. The number of hydrogen-bond donors (Lipinski definition) is 1. The van der Waals surface area contributed by atoms with Crippen molar-refractivity contribution in [1.29, 1.82) is 0 Å². The molecule has 27 heavy (non-hydrogen) atoms. The van der Waals surface area contributed by atoms with Crippen LogP contribution in [-0.2, 0) is 6.54 Å². The zero-order valence-corrected chi connectivity index (χ0v) is 15.6. The molecule has 2 aromatic heterocycles. The molecule has 0 radical (unpaired) electrons. The Labute approximate surface area is 161 Å². The van der Waals surface area contributed by atoms with Crippen LogP contribution in [-0.4, -0.2) is 22.3 Å². The summed E-state index contributed by atoms with van der Waals surface area (Å²) in [5, 5.41) is 2.66. The van der Waals surface area contributed by atoms with Crippen molar-refractivity contribution in [3.63, 3.8) is 0 Å². The second-order valence-electron chi connectivity index (χ2n) is 6.63. The maximum absolute atomic E-state index is 13.8. The standard InChI is InChI=1S/C21H20FN3OS/c22-16-6-1-2-7-17(16)24-21(26)20-10-9-19(27-20)18-8-4-12-25(18)14-15-5-3-11-23-13-15/h1-3,5-7,9-11,13,18H,4,8,12,14H2,(H,24,26)/t18-/m1/s1. The lowest BCUT2D eigenvalue weighted by molar-refractivity contribution is 0.103. The van der Waals surface area contributed by atoms with Crippen LogP contribution in [0.15, 0.2) is 60.9 Å². The van der Waals surface area contributed by atoms with E-state index in [1.54, 1.807) is 24.4 Å². The van der Waals surface area contributed by atoms with E-state index >= 15 is 0 Å². The molecule has 3 aromatic rings. The van der Waals surface area contributed by atoms with Crippen molar-refractivity contribution < 1.29 is 9.18 Å². The lowest BCUT2D eigenvalue weighted by Crippen LogP contribution is -2.22. The first-order valence-electron chi connectivity index (χ1n) is 8.99. The van der Waals surface area contributed by atoms with Crippen molar-refractivity contribution >= 4 is 22.9 Å². The number of anilines is 1. The molecule has 3 heterocycles. The highest BCUT2D eigenvalue weighted by molar-refractivity contribution is 7.14. The summed E-state index contributed by atoms with van der Waals surface area (Å²) in [7, 11) is 0. The summed E-state index contributed by atoms with van der Waals surface area (Å²) >= 11 is 1.49. The number of carbonyl (C=O) groups excluding carboxylic acids is 1. The zero-order chi connectivity index (χ0) is 18.6. The monoisotopic (exact) mass is 381 g/mol. The van der Waals surface area contributed by atoms with Crippen LogP contribution in [0.25, 0.3) is 0 Å². The molecule has 1 N–H and O–H groups in total. The van der Waals surface area contributed by atoms with Crippen LogP contribution in [0.1, 0.15) is 39.0 Å². The fourth-order valence-corrected chi connectivity index (χ4v) is 4.54. The average Bonchev–Trinajstić information content (AvgIpc) is 3.34. The fourth-order valence-electron chi connectivity index (χ4n) is 3.46. The van der Waals surface area contributed by atoms with E-state index in [0.717, 1.165) is 25.9 Å². The zero-order valence-electron chi connectivity index (χ0n) is 14.8. The minimum atomic E-state index is -0.430. The van der Waals surface area contributed by atoms with E-state index < -0.39 is 5.82 Å². The Balaban J connectivity index is 1.46. The predicted molar refractivity (Wildman–Crippen MR) is 105 cm³/mol. The number of carbonyl (C=O) groups is 1. The maximum Gasteiger partial charge on any atom is 0.265 e. The van der Waals surface area contributed by atoms with Crippen LogP contribution >= 0.6 is 11.3 Å². The minimum absolute atomic E-state index is 0.205. The number of thiophene rings is 1. The van der Waals surface area contributed by atoms with E-state index in [1.165, 1.54) is 27.8 Å². The highest BCUT2D eigenvalue weighted by Gasteiger charge is 2.28. The number of nitrogens with zero attached hydrogens (tertiary/aromatic N) is 2. The number of pyridine rings is 1. The number of halogens is 1. The first-order valence-corrected chi connectivity index (χ1v) is 9.81. The number of benzene rings is 1. The number of rotatable bonds is 5. The van der Waals surface area contributed by atoms with Crippen LogP contribution in [0.2, 0.25) is 0 Å². The van der Waals surface area contributed by atoms with Crippen molar-refractivity contribution in [1.82, 2.24) is 9.88 Å². The van der Waals surface area contributed by atoms with Gasteiger partial charge in [-0.3, -0.25) is 14.7 Å². The molecule has 1 aliphatic rings. The van der Waals surface area contributed by atoms with Gasteiger partial charge in [0, 0.05) is 29.9 Å². The van der Waals surface area contributed by atoms with Crippen molar-refractivity contribution in [3.05, 3.63) is 82.1 Å². The molecule has 4 rings (SSSR count). The Bertz CT molecular complexity index is 928. The maximum atomic E-state index is 13.8. The lowest BCUT2D eigenvalue weighted by atomic mass is 10.1. The number of amides is 1. The van der Waals surface area contributed by atoms with Gasteiger partial charge in [-0.05, 0) is 55.3 Å². The Kier molecular flexibility index (Phi) is 5.27. The van der Waals surface area contributed by atoms with E-state index in [-0.39, 0.29) is 11.6 Å². The third kappa shape index (κ3) is 4.07. The minimum Gasteiger partial charge on any atom is -0.319 e. The predicted octanol–water partition coefficient (Wildman–Crippen LogP) is 4.87. The van der Waals surface area contributed by atoms with Crippen LogP contribution < -0.4 is 5.32 Å². The van der Waals surface area contributed by atoms with Gasteiger partial charge in [0.05, 0.1) is 10.6 Å². The third-order valence-corrected chi connectivity index (χ3v) is 5.96. The molecular weight excluding hydrogens is 361 g/mol. The largest absolute Gasteiger partial charge is 0.319 e. The Hall–Kier alpha value is -2.57. The molecule has 1 aliphatic heterocycles. The number of likely N-dealkylation sites (tertiary alicyclic amines) is 1. The van der Waals surface area contributed by atoms with E-state index in [2.05, 4.69) is 21.3 Å². The topological polar surface area (TPSA) is 45.2 Å². The second-order valence-corrected chi connectivity index (χ2v) is 7.74. The van der Waals surface area contributed by atoms with E-state index in [0.29, 0.717) is 10.9 Å². The molecule has 0 unspecified atom stereocenters. The average molecular weight is 381 g/mol. The summed E-state index contributed by atoms with van der Waals surface area (Å²) in [5.74, 6) is -0.700. The number of aromatic nitrogens is 1. The van der Waals surface area contributed by atoms with Crippen LogP contribution in [0.4, 0.5) is 10.1 Å². The first kappa shape index (κ1) is 17.8. The molecule has 1 saturated heterocycles. The fraction of sp³-hybridized carbons (Fsp3) is 0.238. The number of para-hydroxylation sites is 1. The van der Waals surface area contributed by atoms with E-state index in [1.807, 2.05) is 24.4 Å². The molecule has 6 heteroatoms. The van der Waals surface area contributed by atoms with E-state index in [4.69, 9.17) is 0 Å². The summed E-state index contributed by atoms with van der Waals surface area (Å²) in [6, 6.07) is 14.4. The van der Waals surface area contributed by atoms with Crippen LogP contribution in [0.3, 0.4) is 0 Å². The highest BCUT2D eigenvalue weighted by atomic mass is 32.1. The van der Waals surface area contributed by atoms with Gasteiger partial charge < -0.3 is 5.32 Å². The second kappa shape index (κ2) is 7.98. The Morgan fingerprint density at radius 2 is 2.11 bits per heavy atom. The summed E-state index contributed by atoms with van der Waals surface area (Å²) in [6.45, 7) is 1.89. The van der Waals surface area contributed by atoms with Crippen molar-refractivity contribution in [2.24, 2.45) is 0 Å². The van der Waals surface area contributed by atoms with Gasteiger partial charge in [-0.1, -0.05) is 18.2 Å². The molecule has 1 amide bonds. The summed E-state index contributed by atoms with van der Waals surface area (Å²) in [6.07, 6.45) is 5.90. The molecule has 1 atom stereocenters. The van der Waals surface area contributed by atoms with Gasteiger partial charge in [0.15, 0.2) is 0 Å². The van der Waals surface area contributed by atoms with Gasteiger partial charge in [0.25, 0.3) is 5.91 Å². The molecule has 0 saturated carbocycles. The molecule has 1 fully saturated rings. The lowest BCUT2D eigenvalue weighted by Gasteiger charge is -2.23. The van der Waals surface area contributed by atoms with Crippen molar-refractivity contribution in [3.8, 4) is 0 Å². The van der Waals surface area contributed by atoms with Gasteiger partial charge in [-0.2, -0.15) is 0 Å². The smallest absolute Gasteiger partial charge is 0.265 e. The molecule has 4 nitrogen and oxygen atoms in total. The van der Waals surface area contributed by atoms with Crippen LogP contribution in [0.5, 0.6) is 0 Å². The summed E-state index contributed by atoms with van der Waals surface area (Å²) in [4.78, 5) is 20.9. The van der Waals surface area contributed by atoms with Gasteiger partial charge in [-0.25, -0.2) is 4.39 Å². The normalized spacial score (nSPS) is 17.1. The highest BCUT2D eigenvalue weighted by Crippen LogP contribution is 2.37. The van der Waals surface area contributed by atoms with Crippen molar-refractivity contribution in [2.75, 3.05) is 11.9 Å². The van der Waals surface area contributed by atoms with Gasteiger partial charge in [-0.15, -0.1) is 11.3 Å². The molecule has 1 aromatic carbocycles. The van der Waals surface area contributed by atoms with E-state index in [9.17, 15) is 9.18 Å². The van der Waals surface area contributed by atoms with Crippen molar-refractivity contribution in [2.45, 2.75) is 25.4 Å². The van der Waals surface area contributed by atoms with Gasteiger partial charge in [0.2, 0.25) is 0 Å². The number of hydrogen-bond acceptors (Lipinski definition) is 4. The Morgan fingerprint density at radius 1 is 1.22 bits per heavy atom. The molecule has 0 bridgehead atoms. The van der Waals surface area contributed by atoms with Gasteiger partial charge in [0.1, 0.15) is 5.82 Å².